The Hall–Kier alpha value is -3.35. The number of hydrogen-bond donors (Lipinski definition) is 2. The van der Waals surface area contributed by atoms with Gasteiger partial charge in [-0.1, -0.05) is 0 Å². The van der Waals surface area contributed by atoms with Gasteiger partial charge in [0.2, 0.25) is 21.9 Å². The number of amides is 1. The number of sulfonamides is 1. The molecule has 3 rings (SSSR count). The third kappa shape index (κ3) is 4.26. The average molecular weight is 454 g/mol. The molecule has 2 heterocycles. The molecule has 0 bridgehead atoms. The maximum atomic E-state index is 15.3. The summed E-state index contributed by atoms with van der Waals surface area (Å²) in [6.45, 7) is 3.36. The van der Waals surface area contributed by atoms with Crippen LogP contribution in [0, 0.1) is 11.6 Å². The first-order valence-corrected chi connectivity index (χ1v) is 10.7. The van der Waals surface area contributed by atoms with Crippen molar-refractivity contribution < 1.29 is 26.7 Å². The minimum atomic E-state index is -3.96. The number of nitrogens with one attached hydrogen (secondary N) is 1. The second-order valence-electron chi connectivity index (χ2n) is 6.88. The molecule has 1 aliphatic heterocycles. The molecule has 0 saturated carbocycles. The largest absolute Gasteiger partial charge is 0.477 e. The van der Waals surface area contributed by atoms with Crippen LogP contribution < -0.4 is 15.8 Å². The van der Waals surface area contributed by atoms with Gasteiger partial charge < -0.3 is 15.8 Å². The highest BCUT2D eigenvalue weighted by atomic mass is 32.2. The fourth-order valence-corrected chi connectivity index (χ4v) is 4.50. The van der Waals surface area contributed by atoms with Crippen molar-refractivity contribution in [3.8, 4) is 5.88 Å². The number of rotatable bonds is 5. The first-order valence-electron chi connectivity index (χ1n) is 9.05. The molecule has 1 aliphatic rings. The Bertz CT molecular complexity index is 1160. The molecule has 0 fully saturated rings. The minimum Gasteiger partial charge on any atom is -0.477 e. The van der Waals surface area contributed by atoms with Crippen molar-refractivity contribution in [2.45, 2.75) is 19.4 Å². The molecule has 0 saturated heterocycles. The molecule has 1 aromatic carbocycles. The highest BCUT2D eigenvalue weighted by Crippen LogP contribution is 2.37. The Balaban J connectivity index is 1.97. The zero-order valence-corrected chi connectivity index (χ0v) is 17.7. The lowest BCUT2D eigenvalue weighted by Crippen LogP contribution is -2.50. The van der Waals surface area contributed by atoms with E-state index in [2.05, 4.69) is 20.3 Å². The normalized spacial score (nSPS) is 20.2. The molecule has 166 valence electrons. The van der Waals surface area contributed by atoms with Gasteiger partial charge >= 0.3 is 0 Å². The van der Waals surface area contributed by atoms with Gasteiger partial charge in [-0.15, -0.1) is 0 Å². The summed E-state index contributed by atoms with van der Waals surface area (Å²) in [7, 11) is -2.77. The van der Waals surface area contributed by atoms with Gasteiger partial charge in [-0.2, -0.15) is 0 Å². The van der Waals surface area contributed by atoms with Crippen molar-refractivity contribution in [2.75, 3.05) is 24.7 Å². The lowest BCUT2D eigenvalue weighted by Gasteiger charge is -2.35. The summed E-state index contributed by atoms with van der Waals surface area (Å²) in [4.78, 5) is 24.2. The zero-order valence-electron chi connectivity index (χ0n) is 16.9. The lowest BCUT2D eigenvalue weighted by atomic mass is 9.92. The summed E-state index contributed by atoms with van der Waals surface area (Å²) in [5.74, 6) is -3.93. The maximum Gasteiger partial charge on any atom is 0.275 e. The summed E-state index contributed by atoms with van der Waals surface area (Å²) in [6, 6.07) is 1.91. The molecule has 1 aromatic heterocycles. The summed E-state index contributed by atoms with van der Waals surface area (Å²) in [5.41, 5.74) is 2.65. The first-order chi connectivity index (χ1) is 14.5. The van der Waals surface area contributed by atoms with Crippen LogP contribution in [0.25, 0.3) is 0 Å². The number of carbonyl (C=O) groups excluding carboxylic acids is 1. The SMILES string of the molecule is CCOc1cnc(C(=O)Nc2ccc(F)c([C@]3(C)CS(=O)(=O)N(C)C(N)=N3)c2F)cn1. The van der Waals surface area contributed by atoms with Gasteiger partial charge in [0, 0.05) is 7.05 Å². The molecule has 0 radical (unpaired) electrons. The quantitative estimate of drug-likeness (QED) is 0.692. The number of guanidine groups is 1. The number of carbonyl (C=O) groups is 1. The fraction of sp³-hybridized carbons (Fsp3) is 0.333. The van der Waals surface area contributed by atoms with E-state index >= 15 is 4.39 Å². The number of nitrogens with two attached hydrogens (primary N) is 1. The first kappa shape index (κ1) is 22.3. The third-order valence-electron chi connectivity index (χ3n) is 4.60. The van der Waals surface area contributed by atoms with Crippen LogP contribution in [0.2, 0.25) is 0 Å². The summed E-state index contributed by atoms with van der Waals surface area (Å²) in [6.07, 6.45) is 2.37. The second-order valence-corrected chi connectivity index (χ2v) is 8.88. The number of aromatic nitrogens is 2. The third-order valence-corrected chi connectivity index (χ3v) is 6.54. The number of ether oxygens (including phenoxy) is 1. The monoisotopic (exact) mass is 454 g/mol. The van der Waals surface area contributed by atoms with Crippen LogP contribution in [0.1, 0.15) is 29.9 Å². The molecule has 10 nitrogen and oxygen atoms in total. The van der Waals surface area contributed by atoms with E-state index in [9.17, 15) is 17.6 Å². The Labute approximate surface area is 177 Å². The van der Waals surface area contributed by atoms with E-state index < -0.39 is 50.4 Å². The Kier molecular flexibility index (Phi) is 5.81. The zero-order chi connectivity index (χ0) is 23.0. The molecular weight excluding hydrogens is 434 g/mol. The molecule has 2 aromatic rings. The molecule has 1 amide bonds. The summed E-state index contributed by atoms with van der Waals surface area (Å²) >= 11 is 0. The van der Waals surface area contributed by atoms with E-state index in [1.165, 1.54) is 20.2 Å². The molecule has 31 heavy (non-hydrogen) atoms. The number of nitrogens with zero attached hydrogens (tertiary/aromatic N) is 4. The fourth-order valence-electron chi connectivity index (χ4n) is 3.06. The topological polar surface area (TPSA) is 140 Å². The predicted octanol–water partition coefficient (Wildman–Crippen LogP) is 1.21. The lowest BCUT2D eigenvalue weighted by molar-refractivity contribution is 0.102. The van der Waals surface area contributed by atoms with E-state index in [1.807, 2.05) is 0 Å². The van der Waals surface area contributed by atoms with Gasteiger partial charge in [0.05, 0.1) is 36.0 Å². The Morgan fingerprint density at radius 1 is 1.32 bits per heavy atom. The number of benzene rings is 1. The maximum absolute atomic E-state index is 15.3. The summed E-state index contributed by atoms with van der Waals surface area (Å²) < 4.78 is 60.4. The van der Waals surface area contributed by atoms with Crippen molar-refractivity contribution in [2.24, 2.45) is 10.7 Å². The van der Waals surface area contributed by atoms with Gasteiger partial charge in [-0.3, -0.25) is 4.79 Å². The van der Waals surface area contributed by atoms with Crippen molar-refractivity contribution >= 4 is 27.6 Å². The molecule has 1 atom stereocenters. The van der Waals surface area contributed by atoms with E-state index in [4.69, 9.17) is 10.5 Å². The molecule has 0 unspecified atom stereocenters. The van der Waals surface area contributed by atoms with Gasteiger partial charge in [0.25, 0.3) is 5.91 Å². The van der Waals surface area contributed by atoms with Crippen LogP contribution >= 0.6 is 0 Å². The highest BCUT2D eigenvalue weighted by Gasteiger charge is 2.44. The van der Waals surface area contributed by atoms with Crippen LogP contribution in [-0.4, -0.2) is 54.0 Å². The predicted molar refractivity (Wildman–Crippen MR) is 108 cm³/mol. The number of halogens is 2. The van der Waals surface area contributed by atoms with Crippen molar-refractivity contribution in [1.82, 2.24) is 14.3 Å². The van der Waals surface area contributed by atoms with E-state index in [1.54, 1.807) is 6.92 Å². The van der Waals surface area contributed by atoms with Gasteiger partial charge in [-0.05, 0) is 26.0 Å². The molecule has 0 spiro atoms. The van der Waals surface area contributed by atoms with Crippen LogP contribution in [0.15, 0.2) is 29.5 Å². The van der Waals surface area contributed by atoms with Crippen molar-refractivity contribution in [1.29, 1.82) is 0 Å². The molecular formula is C18H20F2N6O4S. The smallest absolute Gasteiger partial charge is 0.275 e. The van der Waals surface area contributed by atoms with E-state index in [-0.39, 0.29) is 17.3 Å². The molecule has 0 aliphatic carbocycles. The van der Waals surface area contributed by atoms with E-state index in [0.717, 1.165) is 22.6 Å². The highest BCUT2D eigenvalue weighted by molar-refractivity contribution is 7.89. The van der Waals surface area contributed by atoms with Gasteiger partial charge in [0.15, 0.2) is 5.82 Å². The van der Waals surface area contributed by atoms with Crippen LogP contribution in [0.5, 0.6) is 5.88 Å². The average Bonchev–Trinajstić information content (AvgIpc) is 2.68. The van der Waals surface area contributed by atoms with Gasteiger partial charge in [0.1, 0.15) is 17.1 Å². The Morgan fingerprint density at radius 2 is 2.03 bits per heavy atom. The standard InChI is InChI=1S/C18H20F2N6O4S/c1-4-30-13-8-22-12(7-23-13)16(27)24-11-6-5-10(19)14(15(11)20)18(2)9-31(28,29)26(3)17(21)25-18/h5-8H,4,9H2,1-3H3,(H2,21,25)(H,24,27)/t18-/m0/s1. The molecule has 13 heteroatoms. The van der Waals surface area contributed by atoms with Crippen LogP contribution in [-0.2, 0) is 15.6 Å². The van der Waals surface area contributed by atoms with Crippen molar-refractivity contribution in [3.05, 3.63) is 47.4 Å². The second kappa shape index (κ2) is 8.06. The summed E-state index contributed by atoms with van der Waals surface area (Å²) in [5, 5.41) is 2.28. The number of aliphatic imine (C=N–C) groups is 1. The number of anilines is 1. The van der Waals surface area contributed by atoms with Gasteiger partial charge in [-0.25, -0.2) is 36.5 Å². The molecule has 3 N–H and O–H groups in total. The Morgan fingerprint density at radius 3 is 2.61 bits per heavy atom. The minimum absolute atomic E-state index is 0.135. The van der Waals surface area contributed by atoms with Crippen LogP contribution in [0.4, 0.5) is 14.5 Å². The van der Waals surface area contributed by atoms with E-state index in [0.29, 0.717) is 6.61 Å². The van der Waals surface area contributed by atoms with Crippen molar-refractivity contribution in [3.63, 3.8) is 0 Å². The number of hydrogen-bond acceptors (Lipinski definition) is 8. The van der Waals surface area contributed by atoms with Crippen LogP contribution in [0.3, 0.4) is 0 Å².